The Labute approximate surface area is 98.7 Å². The van der Waals surface area contributed by atoms with Crippen LogP contribution in [0.5, 0.6) is 0 Å². The molecule has 1 aromatic heterocycles. The van der Waals surface area contributed by atoms with Gasteiger partial charge >= 0.3 is 5.76 Å². The highest BCUT2D eigenvalue weighted by atomic mass is 16.4. The Kier molecular flexibility index (Phi) is 3.31. The van der Waals surface area contributed by atoms with Gasteiger partial charge in [-0.2, -0.15) is 0 Å². The molecule has 0 aliphatic carbocycles. The van der Waals surface area contributed by atoms with E-state index in [9.17, 15) is 9.90 Å². The molecule has 2 N–H and O–H groups in total. The van der Waals surface area contributed by atoms with Crippen molar-refractivity contribution in [3.63, 3.8) is 0 Å². The van der Waals surface area contributed by atoms with Gasteiger partial charge in [0.15, 0.2) is 5.58 Å². The van der Waals surface area contributed by atoms with Crippen LogP contribution in [0.15, 0.2) is 27.4 Å². The summed E-state index contributed by atoms with van der Waals surface area (Å²) in [5, 5.41) is 12.3. The van der Waals surface area contributed by atoms with E-state index in [-0.39, 0.29) is 18.3 Å². The second kappa shape index (κ2) is 4.73. The molecule has 0 spiro atoms. The van der Waals surface area contributed by atoms with Crippen molar-refractivity contribution in [3.05, 3.63) is 34.3 Å². The van der Waals surface area contributed by atoms with Crippen LogP contribution in [0.4, 0.5) is 0 Å². The number of hydrogen-bond acceptors (Lipinski definition) is 4. The minimum absolute atomic E-state index is 0.00917. The first-order chi connectivity index (χ1) is 8.17. The van der Waals surface area contributed by atoms with E-state index < -0.39 is 0 Å². The van der Waals surface area contributed by atoms with Crippen LogP contribution in [-0.2, 0) is 7.05 Å². The van der Waals surface area contributed by atoms with Crippen molar-refractivity contribution >= 4 is 11.1 Å². The van der Waals surface area contributed by atoms with E-state index in [0.717, 1.165) is 11.1 Å². The van der Waals surface area contributed by atoms with Crippen molar-refractivity contribution in [2.75, 3.05) is 20.2 Å². The van der Waals surface area contributed by atoms with Gasteiger partial charge < -0.3 is 14.8 Å². The lowest BCUT2D eigenvalue weighted by Crippen LogP contribution is -2.19. The SMILES string of the molecule is CNCC(CO)c1ccc2c(c1)oc(=O)n2C. The molecule has 2 aromatic rings. The second-order valence-corrected chi connectivity index (χ2v) is 4.09. The molecule has 0 bridgehead atoms. The molecule has 0 saturated carbocycles. The van der Waals surface area contributed by atoms with Crippen LogP contribution in [0, 0.1) is 0 Å². The first-order valence-corrected chi connectivity index (χ1v) is 5.52. The van der Waals surface area contributed by atoms with E-state index in [1.807, 2.05) is 25.2 Å². The Bertz CT molecular complexity index is 571. The molecule has 1 unspecified atom stereocenters. The average Bonchev–Trinajstić information content (AvgIpc) is 2.61. The molecule has 17 heavy (non-hydrogen) atoms. The molecule has 0 aliphatic heterocycles. The van der Waals surface area contributed by atoms with E-state index in [4.69, 9.17) is 4.42 Å². The van der Waals surface area contributed by atoms with E-state index in [2.05, 4.69) is 5.32 Å². The molecular weight excluding hydrogens is 220 g/mol. The number of nitrogens with zero attached hydrogens (tertiary/aromatic N) is 1. The molecule has 2 rings (SSSR count). The lowest BCUT2D eigenvalue weighted by molar-refractivity contribution is 0.263. The third kappa shape index (κ3) is 2.11. The fourth-order valence-electron chi connectivity index (χ4n) is 1.94. The molecule has 0 fully saturated rings. The monoisotopic (exact) mass is 236 g/mol. The maximum absolute atomic E-state index is 11.3. The Morgan fingerprint density at radius 2 is 2.29 bits per heavy atom. The molecule has 1 aromatic carbocycles. The number of rotatable bonds is 4. The van der Waals surface area contributed by atoms with Crippen LogP contribution in [0.25, 0.3) is 11.1 Å². The first-order valence-electron chi connectivity index (χ1n) is 5.52. The number of oxazole rings is 1. The van der Waals surface area contributed by atoms with E-state index >= 15 is 0 Å². The van der Waals surface area contributed by atoms with Crippen molar-refractivity contribution < 1.29 is 9.52 Å². The predicted octanol–water partition coefficient (Wildman–Crippen LogP) is 0.427. The molecule has 0 saturated heterocycles. The zero-order valence-electron chi connectivity index (χ0n) is 9.93. The summed E-state index contributed by atoms with van der Waals surface area (Å²) in [6.07, 6.45) is 0. The zero-order chi connectivity index (χ0) is 12.4. The van der Waals surface area contributed by atoms with E-state index in [1.165, 1.54) is 4.57 Å². The highest BCUT2D eigenvalue weighted by Gasteiger charge is 2.12. The molecule has 0 amide bonds. The second-order valence-electron chi connectivity index (χ2n) is 4.09. The number of hydrogen-bond donors (Lipinski definition) is 2. The Morgan fingerprint density at radius 3 is 2.94 bits per heavy atom. The van der Waals surface area contributed by atoms with Gasteiger partial charge in [0.1, 0.15) is 0 Å². The fraction of sp³-hybridized carbons (Fsp3) is 0.417. The normalized spacial score (nSPS) is 13.1. The van der Waals surface area contributed by atoms with Gasteiger partial charge in [-0.05, 0) is 24.7 Å². The number of aryl methyl sites for hydroxylation is 1. The summed E-state index contributed by atoms with van der Waals surface area (Å²) in [5.41, 5.74) is 2.29. The van der Waals surface area contributed by atoms with Crippen LogP contribution in [0.3, 0.4) is 0 Å². The number of aromatic nitrogens is 1. The van der Waals surface area contributed by atoms with Gasteiger partial charge in [0.2, 0.25) is 0 Å². The Hall–Kier alpha value is -1.59. The maximum Gasteiger partial charge on any atom is 0.419 e. The number of aliphatic hydroxyl groups excluding tert-OH is 1. The lowest BCUT2D eigenvalue weighted by atomic mass is 10.00. The van der Waals surface area contributed by atoms with Crippen molar-refractivity contribution in [2.24, 2.45) is 7.05 Å². The summed E-state index contributed by atoms with van der Waals surface area (Å²) >= 11 is 0. The maximum atomic E-state index is 11.3. The van der Waals surface area contributed by atoms with Gasteiger partial charge in [0.25, 0.3) is 0 Å². The number of fused-ring (bicyclic) bond motifs is 1. The standard InChI is InChI=1S/C12H16N2O3/c1-13-6-9(7-15)8-3-4-10-11(5-8)17-12(16)14(10)2/h3-5,9,13,15H,6-7H2,1-2H3. The highest BCUT2D eigenvalue weighted by molar-refractivity contribution is 5.73. The summed E-state index contributed by atoms with van der Waals surface area (Å²) in [6, 6.07) is 5.57. The largest absolute Gasteiger partial charge is 0.419 e. The minimum Gasteiger partial charge on any atom is -0.408 e. The molecule has 92 valence electrons. The number of nitrogens with one attached hydrogen (secondary N) is 1. The summed E-state index contributed by atoms with van der Waals surface area (Å²) in [5.74, 6) is -0.360. The molecule has 0 aliphatic rings. The van der Waals surface area contributed by atoms with Gasteiger partial charge in [0.05, 0.1) is 12.1 Å². The van der Waals surface area contributed by atoms with Gasteiger partial charge in [0, 0.05) is 19.5 Å². The third-order valence-electron chi connectivity index (χ3n) is 2.96. The quantitative estimate of drug-likeness (QED) is 0.807. The molecule has 1 atom stereocenters. The highest BCUT2D eigenvalue weighted by Crippen LogP contribution is 2.20. The van der Waals surface area contributed by atoms with E-state index in [0.29, 0.717) is 12.1 Å². The number of likely N-dealkylation sites (N-methyl/N-ethyl adjacent to an activating group) is 1. The van der Waals surface area contributed by atoms with Crippen LogP contribution >= 0.6 is 0 Å². The molecule has 5 heteroatoms. The van der Waals surface area contributed by atoms with Crippen LogP contribution in [0.1, 0.15) is 11.5 Å². The van der Waals surface area contributed by atoms with Gasteiger partial charge in [-0.3, -0.25) is 4.57 Å². The first kappa shape index (κ1) is 11.9. The smallest absolute Gasteiger partial charge is 0.408 e. The van der Waals surface area contributed by atoms with Gasteiger partial charge in [-0.25, -0.2) is 4.79 Å². The number of benzene rings is 1. The summed E-state index contributed by atoms with van der Waals surface area (Å²) in [4.78, 5) is 11.3. The molecule has 1 heterocycles. The molecule has 5 nitrogen and oxygen atoms in total. The van der Waals surface area contributed by atoms with Crippen molar-refractivity contribution in [1.29, 1.82) is 0 Å². The topological polar surface area (TPSA) is 67.4 Å². The van der Waals surface area contributed by atoms with Crippen molar-refractivity contribution in [3.8, 4) is 0 Å². The van der Waals surface area contributed by atoms with Crippen molar-refractivity contribution in [2.45, 2.75) is 5.92 Å². The third-order valence-corrected chi connectivity index (χ3v) is 2.96. The van der Waals surface area contributed by atoms with Gasteiger partial charge in [-0.1, -0.05) is 6.07 Å². The lowest BCUT2D eigenvalue weighted by Gasteiger charge is -2.13. The summed E-state index contributed by atoms with van der Waals surface area (Å²) < 4.78 is 6.58. The van der Waals surface area contributed by atoms with Crippen molar-refractivity contribution in [1.82, 2.24) is 9.88 Å². The predicted molar refractivity (Wildman–Crippen MR) is 65.2 cm³/mol. The number of aliphatic hydroxyl groups is 1. The van der Waals surface area contributed by atoms with Crippen LogP contribution in [-0.4, -0.2) is 29.9 Å². The van der Waals surface area contributed by atoms with Gasteiger partial charge in [-0.15, -0.1) is 0 Å². The fourth-order valence-corrected chi connectivity index (χ4v) is 1.94. The van der Waals surface area contributed by atoms with Crippen LogP contribution < -0.4 is 11.1 Å². The average molecular weight is 236 g/mol. The Morgan fingerprint density at radius 1 is 1.53 bits per heavy atom. The van der Waals surface area contributed by atoms with E-state index in [1.54, 1.807) is 7.05 Å². The molecule has 0 radical (unpaired) electrons. The minimum atomic E-state index is -0.369. The Balaban J connectivity index is 2.47. The zero-order valence-corrected chi connectivity index (χ0v) is 9.93. The van der Waals surface area contributed by atoms with Crippen LogP contribution in [0.2, 0.25) is 0 Å². The molecular formula is C12H16N2O3. The summed E-state index contributed by atoms with van der Waals surface area (Å²) in [7, 11) is 3.51. The summed E-state index contributed by atoms with van der Waals surface area (Å²) in [6.45, 7) is 0.739.